The van der Waals surface area contributed by atoms with Gasteiger partial charge in [-0.2, -0.15) is 5.26 Å². The summed E-state index contributed by atoms with van der Waals surface area (Å²) >= 11 is 1.49. The molecule has 0 aliphatic heterocycles. The lowest BCUT2D eigenvalue weighted by Gasteiger charge is -2.05. The molecule has 1 aliphatic carbocycles. The Morgan fingerprint density at radius 2 is 2.57 bits per heavy atom. The average Bonchev–Trinajstić information content (AvgIpc) is 2.84. The Kier molecular flexibility index (Phi) is 2.22. The van der Waals surface area contributed by atoms with Crippen molar-refractivity contribution in [3.05, 3.63) is 16.6 Å². The molecule has 72 valence electrons. The number of nitrogens with zero attached hydrogens (tertiary/aromatic N) is 2. The van der Waals surface area contributed by atoms with Crippen molar-refractivity contribution in [2.45, 2.75) is 19.4 Å². The molecule has 1 N–H and O–H groups in total. The van der Waals surface area contributed by atoms with Crippen LogP contribution in [0, 0.1) is 16.7 Å². The molecule has 0 spiro atoms. The zero-order chi connectivity index (χ0) is 10.0. The van der Waals surface area contributed by atoms with E-state index in [-0.39, 0.29) is 5.91 Å². The summed E-state index contributed by atoms with van der Waals surface area (Å²) in [5.41, 5.74) is 1.84. The maximum Gasteiger partial charge on any atom is 0.240 e. The van der Waals surface area contributed by atoms with Crippen LogP contribution in [-0.4, -0.2) is 10.9 Å². The molecule has 14 heavy (non-hydrogen) atoms. The zero-order valence-corrected chi connectivity index (χ0v) is 8.30. The minimum Gasteiger partial charge on any atom is -0.349 e. The van der Waals surface area contributed by atoms with Gasteiger partial charge in [-0.1, -0.05) is 0 Å². The Hall–Kier alpha value is -1.41. The fraction of sp³-hybridized carbons (Fsp3) is 0.444. The number of carbonyl (C=O) groups excluding carboxylic acids is 1. The van der Waals surface area contributed by atoms with Gasteiger partial charge in [0.25, 0.3) is 0 Å². The van der Waals surface area contributed by atoms with E-state index >= 15 is 0 Å². The van der Waals surface area contributed by atoms with E-state index in [9.17, 15) is 4.79 Å². The first-order valence-corrected chi connectivity index (χ1v) is 5.28. The smallest absolute Gasteiger partial charge is 0.240 e. The van der Waals surface area contributed by atoms with Crippen LogP contribution in [0.1, 0.15) is 18.5 Å². The lowest BCUT2D eigenvalue weighted by atomic mass is 10.1. The molecule has 4 nitrogen and oxygen atoms in total. The van der Waals surface area contributed by atoms with Gasteiger partial charge in [-0.15, -0.1) is 11.3 Å². The van der Waals surface area contributed by atoms with Crippen LogP contribution >= 0.6 is 11.3 Å². The van der Waals surface area contributed by atoms with Crippen LogP contribution < -0.4 is 5.32 Å². The van der Waals surface area contributed by atoms with Crippen LogP contribution in [-0.2, 0) is 11.3 Å². The molecular formula is C9H9N3OS. The highest BCUT2D eigenvalue weighted by atomic mass is 32.1. The Balaban J connectivity index is 1.88. The summed E-state index contributed by atoms with van der Waals surface area (Å²) in [4.78, 5) is 15.5. The van der Waals surface area contributed by atoms with Crippen molar-refractivity contribution in [1.82, 2.24) is 10.3 Å². The van der Waals surface area contributed by atoms with E-state index in [1.54, 1.807) is 5.51 Å². The van der Waals surface area contributed by atoms with Crippen LogP contribution in [0.4, 0.5) is 0 Å². The number of carbonyl (C=O) groups is 1. The van der Waals surface area contributed by atoms with Crippen molar-refractivity contribution in [3.8, 4) is 6.07 Å². The molecule has 1 aromatic heterocycles. The number of hydrogen-bond acceptors (Lipinski definition) is 4. The van der Waals surface area contributed by atoms with Crippen LogP contribution in [0.25, 0.3) is 0 Å². The Labute approximate surface area is 85.6 Å². The van der Waals surface area contributed by atoms with E-state index in [4.69, 9.17) is 5.26 Å². The van der Waals surface area contributed by atoms with Crippen molar-refractivity contribution in [1.29, 1.82) is 5.26 Å². The molecule has 1 heterocycles. The number of amides is 1. The number of thiazole rings is 1. The molecule has 5 heteroatoms. The summed E-state index contributed by atoms with van der Waals surface area (Å²) < 4.78 is 0. The molecule has 1 fully saturated rings. The second-order valence-electron chi connectivity index (χ2n) is 3.36. The molecule has 2 rings (SSSR count). The highest BCUT2D eigenvalue weighted by molar-refractivity contribution is 7.07. The average molecular weight is 207 g/mol. The number of nitrogens with one attached hydrogen (secondary N) is 1. The van der Waals surface area contributed by atoms with Crippen molar-refractivity contribution in [3.63, 3.8) is 0 Å². The fourth-order valence-electron chi connectivity index (χ4n) is 1.18. The summed E-state index contributed by atoms with van der Waals surface area (Å²) in [5.74, 6) is -0.159. The van der Waals surface area contributed by atoms with Gasteiger partial charge in [-0.25, -0.2) is 4.98 Å². The van der Waals surface area contributed by atoms with Crippen LogP contribution in [0.15, 0.2) is 10.9 Å². The summed E-state index contributed by atoms with van der Waals surface area (Å²) in [7, 11) is 0. The van der Waals surface area contributed by atoms with Crippen LogP contribution in [0.2, 0.25) is 0 Å². The second kappa shape index (κ2) is 3.39. The van der Waals surface area contributed by atoms with Gasteiger partial charge in [-0.05, 0) is 12.8 Å². The van der Waals surface area contributed by atoms with Gasteiger partial charge >= 0.3 is 0 Å². The highest BCUT2D eigenvalue weighted by Crippen LogP contribution is 2.44. The van der Waals surface area contributed by atoms with E-state index in [1.165, 1.54) is 11.3 Å². The Bertz CT molecular complexity index is 375. The molecule has 1 amide bonds. The third kappa shape index (κ3) is 1.61. The topological polar surface area (TPSA) is 65.8 Å². The summed E-state index contributed by atoms with van der Waals surface area (Å²) in [6, 6.07) is 2.05. The fourth-order valence-corrected chi connectivity index (χ4v) is 1.74. The van der Waals surface area contributed by atoms with E-state index < -0.39 is 5.41 Å². The molecule has 0 atom stereocenters. The van der Waals surface area contributed by atoms with Crippen LogP contribution in [0.3, 0.4) is 0 Å². The Morgan fingerprint density at radius 3 is 3.07 bits per heavy atom. The number of nitriles is 1. The lowest BCUT2D eigenvalue weighted by molar-refractivity contribution is -0.124. The quantitative estimate of drug-likeness (QED) is 0.806. The summed E-state index contributed by atoms with van der Waals surface area (Å²) in [6.45, 7) is 0.422. The molecule has 1 aliphatic rings. The van der Waals surface area contributed by atoms with Gasteiger partial charge in [-0.3, -0.25) is 4.79 Å². The number of aromatic nitrogens is 1. The second-order valence-corrected chi connectivity index (χ2v) is 4.08. The number of rotatable bonds is 3. The highest BCUT2D eigenvalue weighted by Gasteiger charge is 2.50. The maximum absolute atomic E-state index is 11.5. The van der Waals surface area contributed by atoms with Crippen molar-refractivity contribution < 1.29 is 4.79 Å². The SMILES string of the molecule is N#CC1(C(=O)NCc2cscn2)CC1. The van der Waals surface area contributed by atoms with Gasteiger partial charge in [0.2, 0.25) is 5.91 Å². The van der Waals surface area contributed by atoms with Gasteiger partial charge in [0.1, 0.15) is 5.41 Å². The molecule has 0 saturated heterocycles. The first-order chi connectivity index (χ1) is 6.77. The van der Waals surface area contributed by atoms with Gasteiger partial charge in [0.15, 0.2) is 0 Å². The van der Waals surface area contributed by atoms with Gasteiger partial charge in [0.05, 0.1) is 23.8 Å². The maximum atomic E-state index is 11.5. The normalized spacial score (nSPS) is 17.1. The van der Waals surface area contributed by atoms with E-state index in [0.29, 0.717) is 19.4 Å². The zero-order valence-electron chi connectivity index (χ0n) is 7.49. The van der Waals surface area contributed by atoms with Crippen LogP contribution in [0.5, 0.6) is 0 Å². The largest absolute Gasteiger partial charge is 0.349 e. The molecule has 1 aromatic rings. The van der Waals surface area contributed by atoms with Crippen molar-refractivity contribution >= 4 is 17.2 Å². The van der Waals surface area contributed by atoms with Crippen molar-refractivity contribution in [2.24, 2.45) is 5.41 Å². The molecule has 0 unspecified atom stereocenters. The Morgan fingerprint density at radius 1 is 1.79 bits per heavy atom. The van der Waals surface area contributed by atoms with Gasteiger partial charge < -0.3 is 5.32 Å². The third-order valence-electron chi connectivity index (χ3n) is 2.31. The lowest BCUT2D eigenvalue weighted by Crippen LogP contribution is -2.30. The minimum atomic E-state index is -0.726. The molecular weight excluding hydrogens is 198 g/mol. The molecule has 0 aromatic carbocycles. The van der Waals surface area contributed by atoms with E-state index in [1.807, 2.05) is 5.38 Å². The van der Waals surface area contributed by atoms with Gasteiger partial charge in [0, 0.05) is 5.38 Å². The monoisotopic (exact) mass is 207 g/mol. The molecule has 0 radical (unpaired) electrons. The van der Waals surface area contributed by atoms with E-state index in [2.05, 4.69) is 16.4 Å². The standard InChI is InChI=1S/C9H9N3OS/c10-5-9(1-2-9)8(13)11-3-7-4-14-6-12-7/h4,6H,1-3H2,(H,11,13). The molecule has 1 saturated carbocycles. The van der Waals surface area contributed by atoms with E-state index in [0.717, 1.165) is 5.69 Å². The predicted molar refractivity (Wildman–Crippen MR) is 51.2 cm³/mol. The number of hydrogen-bond donors (Lipinski definition) is 1. The summed E-state index contributed by atoms with van der Waals surface area (Å²) in [5, 5.41) is 13.4. The van der Waals surface area contributed by atoms with Crippen molar-refractivity contribution in [2.75, 3.05) is 0 Å². The first kappa shape index (κ1) is 9.16. The minimum absolute atomic E-state index is 0.159. The molecule has 0 bridgehead atoms. The summed E-state index contributed by atoms with van der Waals surface area (Å²) in [6.07, 6.45) is 1.37. The first-order valence-electron chi connectivity index (χ1n) is 4.33. The predicted octanol–water partition coefficient (Wildman–Crippen LogP) is 1.06. The third-order valence-corrected chi connectivity index (χ3v) is 2.95.